The van der Waals surface area contributed by atoms with E-state index in [0.717, 1.165) is 65.2 Å². The van der Waals surface area contributed by atoms with Gasteiger partial charge in [0.25, 0.3) is 5.91 Å². The number of likely N-dealkylation sites (tertiary alicyclic amines) is 1. The molecule has 0 spiro atoms. The van der Waals surface area contributed by atoms with Crippen LogP contribution in [0.3, 0.4) is 0 Å². The Morgan fingerprint density at radius 2 is 1.53 bits per heavy atom. The van der Waals surface area contributed by atoms with Gasteiger partial charge in [0.05, 0.1) is 5.56 Å². The van der Waals surface area contributed by atoms with Gasteiger partial charge in [0.1, 0.15) is 11.5 Å². The maximum atomic E-state index is 13.2. The number of aromatic nitrogens is 3. The number of hydrogen-bond donors (Lipinski definition) is 3. The van der Waals surface area contributed by atoms with Crippen molar-refractivity contribution in [1.29, 1.82) is 0 Å². The Balaban J connectivity index is 1.29. The van der Waals surface area contributed by atoms with E-state index in [-0.39, 0.29) is 41.1 Å². The molecule has 2 aromatic carbocycles. The van der Waals surface area contributed by atoms with Crippen LogP contribution < -0.4 is 5.32 Å². The summed E-state index contributed by atoms with van der Waals surface area (Å²) in [5.41, 5.74) is 2.92. The van der Waals surface area contributed by atoms with Gasteiger partial charge < -0.3 is 25.3 Å². The van der Waals surface area contributed by atoms with Gasteiger partial charge in [0.15, 0.2) is 5.82 Å². The minimum Gasteiger partial charge on any atom is -0.508 e. The Kier molecular flexibility index (Phi) is 10.1. The molecule has 2 amide bonds. The summed E-state index contributed by atoms with van der Waals surface area (Å²) < 4.78 is 1.66. The first kappa shape index (κ1) is 32.4. The number of piperidine rings is 1. The highest BCUT2D eigenvalue weighted by molar-refractivity contribution is 5.92. The van der Waals surface area contributed by atoms with Gasteiger partial charge in [0, 0.05) is 77.1 Å². The van der Waals surface area contributed by atoms with E-state index in [4.69, 9.17) is 0 Å². The smallest absolute Gasteiger partial charge is 0.289 e. The Hall–Kier alpha value is -3.96. The molecular formula is C34H47N7O4. The molecule has 2 saturated heterocycles. The zero-order chi connectivity index (χ0) is 32.2. The Bertz CT molecular complexity index is 1480. The molecule has 45 heavy (non-hydrogen) atoms. The zero-order valence-corrected chi connectivity index (χ0v) is 27.2. The molecule has 11 nitrogen and oxygen atoms in total. The van der Waals surface area contributed by atoms with E-state index in [1.807, 2.05) is 44.7 Å². The van der Waals surface area contributed by atoms with E-state index >= 15 is 0 Å². The first-order chi connectivity index (χ1) is 21.5. The minimum atomic E-state index is -0.363. The summed E-state index contributed by atoms with van der Waals surface area (Å²) in [6.45, 7) is 17.1. The number of amides is 2. The molecule has 3 N–H and O–H groups in total. The SMILES string of the molecule is CC(=O)N1CCC(CN2CCN(Cc3ccc(-n4c(C(=O)NC(C)C)nnc4-c4cc(C(C)C)c(O)cc4O)cc3)CC2)CC1. The Morgan fingerprint density at radius 3 is 2.13 bits per heavy atom. The minimum absolute atomic E-state index is 0.00951. The number of nitrogens with one attached hydrogen (secondary N) is 1. The molecule has 3 heterocycles. The van der Waals surface area contributed by atoms with Crippen molar-refractivity contribution in [2.75, 3.05) is 45.8 Å². The van der Waals surface area contributed by atoms with Crippen molar-refractivity contribution >= 4 is 11.8 Å². The number of phenolic OH excluding ortho intramolecular Hbond substituents is 2. The summed E-state index contributed by atoms with van der Waals surface area (Å²) in [4.78, 5) is 31.8. The predicted molar refractivity (Wildman–Crippen MR) is 174 cm³/mol. The molecule has 2 aliphatic heterocycles. The number of hydrogen-bond acceptors (Lipinski definition) is 8. The first-order valence-corrected chi connectivity index (χ1v) is 16.1. The van der Waals surface area contributed by atoms with Crippen molar-refractivity contribution in [3.8, 4) is 28.6 Å². The maximum absolute atomic E-state index is 13.2. The van der Waals surface area contributed by atoms with Gasteiger partial charge in [-0.2, -0.15) is 0 Å². The quantitative estimate of drug-likeness (QED) is 0.329. The van der Waals surface area contributed by atoms with Crippen LogP contribution in [0.4, 0.5) is 0 Å². The van der Waals surface area contributed by atoms with Crippen molar-refractivity contribution < 1.29 is 19.8 Å². The van der Waals surface area contributed by atoms with Crippen LogP contribution in [0.5, 0.6) is 11.5 Å². The normalized spacial score (nSPS) is 16.9. The largest absolute Gasteiger partial charge is 0.508 e. The fourth-order valence-electron chi connectivity index (χ4n) is 6.35. The summed E-state index contributed by atoms with van der Waals surface area (Å²) in [5, 5.41) is 32.7. The fraction of sp³-hybridized carbons (Fsp3) is 0.529. The third kappa shape index (κ3) is 7.65. The highest BCUT2D eigenvalue weighted by atomic mass is 16.3. The van der Waals surface area contributed by atoms with E-state index < -0.39 is 0 Å². The van der Waals surface area contributed by atoms with Crippen LogP contribution in [0.25, 0.3) is 17.1 Å². The van der Waals surface area contributed by atoms with Crippen molar-refractivity contribution in [2.45, 2.75) is 66.0 Å². The second-order valence-electron chi connectivity index (χ2n) is 13.1. The molecule has 3 aromatic rings. The average Bonchev–Trinajstić information content (AvgIpc) is 3.43. The Morgan fingerprint density at radius 1 is 0.889 bits per heavy atom. The van der Waals surface area contributed by atoms with Crippen LogP contribution in [0.15, 0.2) is 36.4 Å². The third-order valence-corrected chi connectivity index (χ3v) is 8.94. The van der Waals surface area contributed by atoms with E-state index in [1.165, 1.54) is 11.6 Å². The van der Waals surface area contributed by atoms with Gasteiger partial charge in [-0.3, -0.25) is 19.1 Å². The lowest BCUT2D eigenvalue weighted by atomic mass is 9.96. The summed E-state index contributed by atoms with van der Waals surface area (Å²) in [7, 11) is 0. The maximum Gasteiger partial charge on any atom is 0.289 e. The van der Waals surface area contributed by atoms with E-state index in [1.54, 1.807) is 17.6 Å². The zero-order valence-electron chi connectivity index (χ0n) is 27.2. The van der Waals surface area contributed by atoms with Crippen LogP contribution >= 0.6 is 0 Å². The number of benzene rings is 2. The molecule has 0 unspecified atom stereocenters. The molecule has 0 atom stereocenters. The average molecular weight is 618 g/mol. The van der Waals surface area contributed by atoms with Gasteiger partial charge in [-0.1, -0.05) is 26.0 Å². The molecule has 0 bridgehead atoms. The monoisotopic (exact) mass is 617 g/mol. The molecule has 242 valence electrons. The lowest BCUT2D eigenvalue weighted by Crippen LogP contribution is -2.48. The fourth-order valence-corrected chi connectivity index (χ4v) is 6.35. The highest BCUT2D eigenvalue weighted by Crippen LogP contribution is 2.38. The van der Waals surface area contributed by atoms with E-state index in [0.29, 0.717) is 28.6 Å². The van der Waals surface area contributed by atoms with Gasteiger partial charge in [0.2, 0.25) is 11.7 Å². The number of piperazine rings is 1. The van der Waals surface area contributed by atoms with E-state index in [2.05, 4.69) is 37.4 Å². The number of carbonyl (C=O) groups is 2. The molecule has 2 fully saturated rings. The second kappa shape index (κ2) is 14.0. The van der Waals surface area contributed by atoms with Gasteiger partial charge in [-0.25, -0.2) is 0 Å². The highest BCUT2D eigenvalue weighted by Gasteiger charge is 2.26. The van der Waals surface area contributed by atoms with Crippen molar-refractivity contribution in [3.63, 3.8) is 0 Å². The standard InChI is InChI=1S/C34H47N7O4/c1-22(2)28-18-29(31(44)19-30(28)43)32-36-37-33(34(45)35-23(3)4)41(32)27-8-6-25(7-9-27)20-38-14-16-39(17-15-38)21-26-10-12-40(13-11-26)24(5)42/h6-9,18-19,22-23,26,43-44H,10-17,20-21H2,1-5H3,(H,35,45). The molecule has 2 aliphatic rings. The predicted octanol–water partition coefficient (Wildman–Crippen LogP) is 3.98. The molecule has 0 saturated carbocycles. The van der Waals surface area contributed by atoms with Crippen LogP contribution in [0.1, 0.15) is 75.1 Å². The number of aromatic hydroxyl groups is 2. The topological polar surface area (TPSA) is 127 Å². The third-order valence-electron chi connectivity index (χ3n) is 8.94. The molecule has 1 aromatic heterocycles. The van der Waals surface area contributed by atoms with Gasteiger partial charge in [-0.05, 0) is 67.9 Å². The lowest BCUT2D eigenvalue weighted by molar-refractivity contribution is -0.130. The molecular weight excluding hydrogens is 570 g/mol. The van der Waals surface area contributed by atoms with Crippen molar-refractivity contribution in [3.05, 3.63) is 53.3 Å². The Labute approximate surface area is 265 Å². The number of rotatable bonds is 9. The van der Waals surface area contributed by atoms with Crippen LogP contribution in [0.2, 0.25) is 0 Å². The summed E-state index contributed by atoms with van der Waals surface area (Å²) in [6, 6.07) is 11.0. The van der Waals surface area contributed by atoms with Gasteiger partial charge >= 0.3 is 0 Å². The van der Waals surface area contributed by atoms with Crippen LogP contribution in [0, 0.1) is 5.92 Å². The summed E-state index contributed by atoms with van der Waals surface area (Å²) >= 11 is 0. The van der Waals surface area contributed by atoms with E-state index in [9.17, 15) is 19.8 Å². The van der Waals surface area contributed by atoms with Crippen LogP contribution in [-0.4, -0.2) is 103 Å². The number of phenols is 2. The van der Waals surface area contributed by atoms with Crippen molar-refractivity contribution in [2.24, 2.45) is 5.92 Å². The molecule has 0 radical (unpaired) electrons. The molecule has 0 aliphatic carbocycles. The lowest BCUT2D eigenvalue weighted by Gasteiger charge is -2.38. The second-order valence-corrected chi connectivity index (χ2v) is 13.1. The van der Waals surface area contributed by atoms with Crippen LogP contribution in [-0.2, 0) is 11.3 Å². The summed E-state index contributed by atoms with van der Waals surface area (Å²) in [6.07, 6.45) is 2.18. The molecule has 5 rings (SSSR count). The van der Waals surface area contributed by atoms with Crippen molar-refractivity contribution in [1.82, 2.24) is 34.8 Å². The molecule has 11 heteroatoms. The summed E-state index contributed by atoms with van der Waals surface area (Å²) in [5.74, 6) is 0.802. The van der Waals surface area contributed by atoms with Gasteiger partial charge in [-0.15, -0.1) is 10.2 Å². The number of carbonyl (C=O) groups excluding carboxylic acids is 2. The first-order valence-electron chi connectivity index (χ1n) is 16.1. The number of nitrogens with zero attached hydrogens (tertiary/aromatic N) is 6.